The first kappa shape index (κ1) is 34.2. The maximum absolute atomic E-state index is 13.7. The largest absolute Gasteiger partial charge is 0.460 e. The van der Waals surface area contributed by atoms with Crippen LogP contribution in [0.2, 0.25) is 0 Å². The van der Waals surface area contributed by atoms with Crippen molar-refractivity contribution in [3.8, 4) is 11.4 Å². The normalized spacial score (nSPS) is 14.8. The summed E-state index contributed by atoms with van der Waals surface area (Å²) in [6, 6.07) is 9.60. The first-order valence-corrected chi connectivity index (χ1v) is 14.8. The summed E-state index contributed by atoms with van der Waals surface area (Å²) >= 11 is 0. The number of rotatable bonds is 12. The minimum atomic E-state index is -1.04. The van der Waals surface area contributed by atoms with E-state index in [1.807, 2.05) is 37.3 Å². The van der Waals surface area contributed by atoms with Crippen molar-refractivity contribution in [1.82, 2.24) is 25.1 Å². The number of benzene rings is 1. The van der Waals surface area contributed by atoms with Gasteiger partial charge in [0, 0.05) is 57.4 Å². The van der Waals surface area contributed by atoms with E-state index >= 15 is 0 Å². The van der Waals surface area contributed by atoms with Crippen LogP contribution in [0.5, 0.6) is 0 Å². The number of amides is 3. The summed E-state index contributed by atoms with van der Waals surface area (Å²) in [5.74, 6) is -0.699. The molecule has 240 valence electrons. The second-order valence-electron chi connectivity index (χ2n) is 11.5. The Morgan fingerprint density at radius 2 is 1.66 bits per heavy atom. The summed E-state index contributed by atoms with van der Waals surface area (Å²) in [4.78, 5) is 64.2. The first-order valence-electron chi connectivity index (χ1n) is 14.8. The van der Waals surface area contributed by atoms with Crippen LogP contribution in [-0.4, -0.2) is 108 Å². The maximum atomic E-state index is 13.7. The van der Waals surface area contributed by atoms with Crippen molar-refractivity contribution in [2.24, 2.45) is 0 Å². The molecule has 2 N–H and O–H groups in total. The average molecular weight is 613 g/mol. The highest BCUT2D eigenvalue weighted by atomic mass is 16.6. The van der Waals surface area contributed by atoms with Crippen molar-refractivity contribution < 1.29 is 33.4 Å². The smallest absolute Gasteiger partial charge is 0.409 e. The van der Waals surface area contributed by atoms with E-state index in [4.69, 9.17) is 14.2 Å². The van der Waals surface area contributed by atoms with Gasteiger partial charge in [-0.05, 0) is 41.0 Å². The van der Waals surface area contributed by atoms with Gasteiger partial charge in [-0.25, -0.2) is 14.8 Å². The molecule has 0 aliphatic carbocycles. The fourth-order valence-electron chi connectivity index (χ4n) is 4.59. The molecule has 13 heteroatoms. The van der Waals surface area contributed by atoms with Crippen molar-refractivity contribution >= 4 is 29.7 Å². The van der Waals surface area contributed by atoms with Gasteiger partial charge >= 0.3 is 12.1 Å². The molecule has 1 unspecified atom stereocenters. The second kappa shape index (κ2) is 16.0. The van der Waals surface area contributed by atoms with Crippen LogP contribution in [0.4, 0.5) is 10.6 Å². The highest BCUT2D eigenvalue weighted by Gasteiger charge is 2.32. The number of aromatic nitrogens is 2. The van der Waals surface area contributed by atoms with E-state index in [0.717, 1.165) is 0 Å². The number of nitrogens with one attached hydrogen (secondary N) is 2. The van der Waals surface area contributed by atoms with Crippen molar-refractivity contribution in [1.29, 1.82) is 0 Å². The lowest BCUT2D eigenvalue weighted by Crippen LogP contribution is -2.56. The van der Waals surface area contributed by atoms with Crippen LogP contribution in [0, 0.1) is 0 Å². The topological polar surface area (TPSA) is 152 Å². The maximum Gasteiger partial charge on any atom is 0.409 e. The molecule has 44 heavy (non-hydrogen) atoms. The molecule has 0 saturated carbocycles. The molecule has 1 aliphatic rings. The van der Waals surface area contributed by atoms with Gasteiger partial charge in [-0.15, -0.1) is 0 Å². The molecule has 1 aliphatic heterocycles. The number of carbonyl (C=O) groups excluding carboxylic acids is 4. The molecule has 3 rings (SSSR count). The summed E-state index contributed by atoms with van der Waals surface area (Å²) in [7, 11) is 1.59. The van der Waals surface area contributed by atoms with Crippen LogP contribution in [0.15, 0.2) is 36.4 Å². The molecule has 0 bridgehead atoms. The van der Waals surface area contributed by atoms with Gasteiger partial charge in [-0.2, -0.15) is 0 Å². The molecule has 2 atom stereocenters. The van der Waals surface area contributed by atoms with E-state index in [2.05, 4.69) is 20.6 Å². The number of hydrogen-bond donors (Lipinski definition) is 2. The summed E-state index contributed by atoms with van der Waals surface area (Å²) in [5.41, 5.74) is 0.0660. The lowest BCUT2D eigenvalue weighted by atomic mass is 10.1. The van der Waals surface area contributed by atoms with Gasteiger partial charge in [0.15, 0.2) is 5.82 Å². The Hall–Kier alpha value is -4.26. The quantitative estimate of drug-likeness (QED) is 0.342. The van der Waals surface area contributed by atoms with E-state index in [1.54, 1.807) is 39.7 Å². The Morgan fingerprint density at radius 3 is 2.27 bits per heavy atom. The van der Waals surface area contributed by atoms with E-state index < -0.39 is 29.6 Å². The van der Waals surface area contributed by atoms with Crippen molar-refractivity contribution in [2.75, 3.05) is 51.8 Å². The van der Waals surface area contributed by atoms with Gasteiger partial charge in [-0.3, -0.25) is 14.4 Å². The zero-order chi connectivity index (χ0) is 32.3. The second-order valence-corrected chi connectivity index (χ2v) is 11.5. The molecule has 0 radical (unpaired) electrons. The van der Waals surface area contributed by atoms with Gasteiger partial charge in [0.1, 0.15) is 23.2 Å². The monoisotopic (exact) mass is 612 g/mol. The lowest BCUT2D eigenvalue weighted by molar-refractivity contribution is -0.155. The van der Waals surface area contributed by atoms with E-state index in [0.29, 0.717) is 36.9 Å². The van der Waals surface area contributed by atoms with E-state index in [1.165, 1.54) is 11.0 Å². The fraction of sp³-hybridized carbons (Fsp3) is 0.548. The number of piperazine rings is 1. The summed E-state index contributed by atoms with van der Waals surface area (Å²) in [6.45, 7) is 10.7. The summed E-state index contributed by atoms with van der Waals surface area (Å²) < 4.78 is 15.7. The third-order valence-electron chi connectivity index (χ3n) is 6.58. The van der Waals surface area contributed by atoms with Crippen LogP contribution in [0.1, 0.15) is 57.9 Å². The predicted octanol–water partition coefficient (Wildman–Crippen LogP) is 3.11. The minimum absolute atomic E-state index is 0.0180. The zero-order valence-corrected chi connectivity index (χ0v) is 26.4. The minimum Gasteiger partial charge on any atom is -0.460 e. The molecular weight excluding hydrogens is 568 g/mol. The highest BCUT2D eigenvalue weighted by Crippen LogP contribution is 2.19. The van der Waals surface area contributed by atoms with Crippen LogP contribution < -0.4 is 10.6 Å². The van der Waals surface area contributed by atoms with Crippen LogP contribution >= 0.6 is 0 Å². The SMILES string of the molecule is CCOC(=O)N1CCN(C(=O)C(CCC(=O)OC(C)(C)C)NC(=O)c2cc(N[C@H](C)COC)nc(-c3ccccc3)n2)CC1. The molecule has 1 saturated heterocycles. The lowest BCUT2D eigenvalue weighted by Gasteiger charge is -2.36. The number of anilines is 1. The Balaban J connectivity index is 1.84. The number of nitrogens with zero attached hydrogens (tertiary/aromatic N) is 4. The van der Waals surface area contributed by atoms with Gasteiger partial charge in [-0.1, -0.05) is 30.3 Å². The van der Waals surface area contributed by atoms with Crippen LogP contribution in [0.3, 0.4) is 0 Å². The number of ether oxygens (including phenoxy) is 3. The number of carbonyl (C=O) groups is 4. The third kappa shape index (κ3) is 10.5. The predicted molar refractivity (Wildman–Crippen MR) is 164 cm³/mol. The van der Waals surface area contributed by atoms with Gasteiger partial charge in [0.05, 0.1) is 13.2 Å². The number of hydrogen-bond acceptors (Lipinski definition) is 10. The van der Waals surface area contributed by atoms with Crippen molar-refractivity contribution in [3.05, 3.63) is 42.1 Å². The Labute approximate surface area is 258 Å². The molecule has 0 spiro atoms. The Bertz CT molecular complexity index is 1280. The van der Waals surface area contributed by atoms with Crippen LogP contribution in [-0.2, 0) is 23.8 Å². The molecule has 2 aromatic rings. The third-order valence-corrected chi connectivity index (χ3v) is 6.58. The number of esters is 1. The molecule has 1 aromatic carbocycles. The fourth-order valence-corrected chi connectivity index (χ4v) is 4.59. The summed E-state index contributed by atoms with van der Waals surface area (Å²) in [6.07, 6.45) is -0.502. The molecule has 13 nitrogen and oxygen atoms in total. The van der Waals surface area contributed by atoms with Gasteiger partial charge in [0.2, 0.25) is 5.91 Å². The Morgan fingerprint density at radius 1 is 1.00 bits per heavy atom. The van der Waals surface area contributed by atoms with Crippen molar-refractivity contribution in [2.45, 2.75) is 65.1 Å². The van der Waals surface area contributed by atoms with E-state index in [-0.39, 0.29) is 50.2 Å². The highest BCUT2D eigenvalue weighted by molar-refractivity contribution is 5.97. The standard InChI is InChI=1S/C31H44N6O7/c1-7-43-30(41)37-17-15-36(16-18-37)29(40)23(13-14-26(38)44-31(3,4)5)34-28(39)24-19-25(32-21(2)20-42-6)35-27(33-24)22-11-9-8-10-12-22/h8-12,19,21,23H,7,13-18,20H2,1-6H3,(H,34,39)(H,32,33,35)/t21-,23?/m1/s1. The zero-order valence-electron chi connectivity index (χ0n) is 26.4. The average Bonchev–Trinajstić information content (AvgIpc) is 2.98. The Kier molecular flexibility index (Phi) is 12.4. The molecule has 1 fully saturated rings. The molecule has 1 aromatic heterocycles. The molecule has 3 amide bonds. The molecular formula is C31H44N6O7. The summed E-state index contributed by atoms with van der Waals surface area (Å²) in [5, 5.41) is 6.03. The van der Waals surface area contributed by atoms with Gasteiger partial charge < -0.3 is 34.6 Å². The van der Waals surface area contributed by atoms with Gasteiger partial charge in [0.25, 0.3) is 5.91 Å². The van der Waals surface area contributed by atoms with Crippen molar-refractivity contribution in [3.63, 3.8) is 0 Å². The van der Waals surface area contributed by atoms with E-state index in [9.17, 15) is 19.2 Å². The number of methoxy groups -OCH3 is 1. The molecule has 2 heterocycles. The first-order chi connectivity index (χ1) is 20.9. The van der Waals surface area contributed by atoms with Crippen LogP contribution in [0.25, 0.3) is 11.4 Å².